The highest BCUT2D eigenvalue weighted by molar-refractivity contribution is 5.00. The zero-order chi connectivity index (χ0) is 25.3. The summed E-state index contributed by atoms with van der Waals surface area (Å²) >= 11 is 0. The first-order chi connectivity index (χ1) is 17.4. The Bertz CT molecular complexity index is 523. The van der Waals surface area contributed by atoms with Crippen molar-refractivity contribution in [2.45, 2.75) is 148 Å². The Morgan fingerprint density at radius 1 is 0.343 bits per heavy atom. The topological polar surface area (TPSA) is 20.2 Å². The van der Waals surface area contributed by atoms with Gasteiger partial charge in [-0.05, 0) is 51.4 Å². The molecule has 0 aliphatic rings. The van der Waals surface area contributed by atoms with Crippen molar-refractivity contribution < 1.29 is 5.11 Å². The van der Waals surface area contributed by atoms with Crippen molar-refractivity contribution in [3.8, 4) is 0 Å². The predicted molar refractivity (Wildman–Crippen MR) is 160 cm³/mol. The first kappa shape index (κ1) is 33.7. The number of hydrogen-bond donors (Lipinski definition) is 1. The molecule has 0 aromatic carbocycles. The minimum atomic E-state index is 0.366. The van der Waals surface area contributed by atoms with Gasteiger partial charge in [0.15, 0.2) is 0 Å². The third kappa shape index (κ3) is 32.7. The summed E-state index contributed by atoms with van der Waals surface area (Å²) in [5.74, 6) is 0. The van der Waals surface area contributed by atoms with Crippen molar-refractivity contribution in [2.75, 3.05) is 6.61 Å². The number of allylic oxidation sites excluding steroid dienone is 10. The fourth-order valence-electron chi connectivity index (χ4n) is 4.22. The summed E-state index contributed by atoms with van der Waals surface area (Å²) in [7, 11) is 0. The van der Waals surface area contributed by atoms with Crippen molar-refractivity contribution in [1.82, 2.24) is 0 Å². The second-order valence-electron chi connectivity index (χ2n) is 9.88. The molecule has 1 N–H and O–H groups in total. The van der Waals surface area contributed by atoms with Crippen LogP contribution in [0.3, 0.4) is 0 Å². The molecule has 0 bridgehead atoms. The van der Waals surface area contributed by atoms with Crippen molar-refractivity contribution >= 4 is 0 Å². The second kappa shape index (κ2) is 32.7. The zero-order valence-corrected chi connectivity index (χ0v) is 23.5. The molecule has 1 heteroatoms. The van der Waals surface area contributed by atoms with E-state index in [2.05, 4.69) is 67.7 Å². The van der Waals surface area contributed by atoms with Crippen LogP contribution in [0.25, 0.3) is 0 Å². The lowest BCUT2D eigenvalue weighted by atomic mass is 10.0. The van der Waals surface area contributed by atoms with E-state index in [1.165, 1.54) is 103 Å². The van der Waals surface area contributed by atoms with E-state index in [-0.39, 0.29) is 0 Å². The van der Waals surface area contributed by atoms with Crippen LogP contribution in [0.2, 0.25) is 0 Å². The molecule has 0 heterocycles. The van der Waals surface area contributed by atoms with Gasteiger partial charge in [-0.3, -0.25) is 0 Å². The highest BCUT2D eigenvalue weighted by Gasteiger charge is 1.94. The molecular weight excluding hydrogens is 424 g/mol. The SMILES string of the molecule is CCC=CCC=CCC=CCC=CCC=CCCCCCCCCCCCCCCCCCCO. The van der Waals surface area contributed by atoms with Gasteiger partial charge in [-0.15, -0.1) is 0 Å². The van der Waals surface area contributed by atoms with Gasteiger partial charge in [0, 0.05) is 6.61 Å². The number of unbranched alkanes of at least 4 members (excludes halogenated alkanes) is 16. The van der Waals surface area contributed by atoms with Gasteiger partial charge in [-0.2, -0.15) is 0 Å². The van der Waals surface area contributed by atoms with Gasteiger partial charge in [0.1, 0.15) is 0 Å². The molecule has 0 aromatic rings. The monoisotopic (exact) mass is 484 g/mol. The molecule has 202 valence electrons. The lowest BCUT2D eigenvalue weighted by Crippen LogP contribution is -1.85. The van der Waals surface area contributed by atoms with Crippen molar-refractivity contribution in [1.29, 1.82) is 0 Å². The average molecular weight is 485 g/mol. The fourth-order valence-corrected chi connectivity index (χ4v) is 4.22. The molecule has 0 saturated carbocycles. The highest BCUT2D eigenvalue weighted by Crippen LogP contribution is 2.14. The van der Waals surface area contributed by atoms with Gasteiger partial charge < -0.3 is 5.11 Å². The Morgan fingerprint density at radius 3 is 0.971 bits per heavy atom. The van der Waals surface area contributed by atoms with E-state index in [0.29, 0.717) is 6.61 Å². The molecule has 0 amide bonds. The smallest absolute Gasteiger partial charge is 0.0431 e. The molecule has 0 atom stereocenters. The summed E-state index contributed by atoms with van der Waals surface area (Å²) in [6, 6.07) is 0. The molecule has 0 rings (SSSR count). The first-order valence-corrected chi connectivity index (χ1v) is 15.3. The standard InChI is InChI=1S/C34H60O/c1-2-3-4-5-6-7-8-9-10-11-12-13-14-15-16-17-18-19-20-21-22-23-24-25-26-27-28-29-30-31-32-33-34-35/h3-4,6-7,9-10,12-13,15-16,35H,2,5,8,11,14,17-34H2,1H3. The van der Waals surface area contributed by atoms with Crippen LogP contribution in [0.5, 0.6) is 0 Å². The van der Waals surface area contributed by atoms with Crippen LogP contribution in [0.4, 0.5) is 0 Å². The second-order valence-corrected chi connectivity index (χ2v) is 9.88. The van der Waals surface area contributed by atoms with E-state index in [9.17, 15) is 0 Å². The molecule has 0 fully saturated rings. The highest BCUT2D eigenvalue weighted by atomic mass is 16.2. The molecule has 0 spiro atoms. The minimum absolute atomic E-state index is 0.366. The zero-order valence-electron chi connectivity index (χ0n) is 23.5. The molecule has 0 aliphatic heterocycles. The quantitative estimate of drug-likeness (QED) is 0.0907. The molecule has 0 radical (unpaired) electrons. The Balaban J connectivity index is 3.24. The van der Waals surface area contributed by atoms with Gasteiger partial charge in [0.2, 0.25) is 0 Å². The van der Waals surface area contributed by atoms with E-state index < -0.39 is 0 Å². The molecular formula is C34H60O. The first-order valence-electron chi connectivity index (χ1n) is 15.3. The summed E-state index contributed by atoms with van der Waals surface area (Å²) in [4.78, 5) is 0. The predicted octanol–water partition coefficient (Wildman–Crippen LogP) is 11.4. The number of aliphatic hydroxyl groups excluding tert-OH is 1. The Labute approximate surface area is 220 Å². The maximum atomic E-state index is 8.77. The lowest BCUT2D eigenvalue weighted by Gasteiger charge is -2.03. The Hall–Kier alpha value is -1.34. The summed E-state index contributed by atoms with van der Waals surface area (Å²) in [6.07, 6.45) is 51.2. The van der Waals surface area contributed by atoms with E-state index in [0.717, 1.165) is 38.5 Å². The summed E-state index contributed by atoms with van der Waals surface area (Å²) in [5, 5.41) is 8.77. The third-order valence-corrected chi connectivity index (χ3v) is 6.44. The lowest BCUT2D eigenvalue weighted by molar-refractivity contribution is 0.282. The minimum Gasteiger partial charge on any atom is -0.396 e. The third-order valence-electron chi connectivity index (χ3n) is 6.44. The van der Waals surface area contributed by atoms with Crippen LogP contribution in [-0.4, -0.2) is 11.7 Å². The number of hydrogen-bond acceptors (Lipinski definition) is 1. The normalized spacial score (nSPS) is 12.6. The van der Waals surface area contributed by atoms with Gasteiger partial charge in [-0.25, -0.2) is 0 Å². The van der Waals surface area contributed by atoms with Crippen molar-refractivity contribution in [3.63, 3.8) is 0 Å². The molecule has 0 unspecified atom stereocenters. The molecule has 0 saturated heterocycles. The number of rotatable bonds is 27. The van der Waals surface area contributed by atoms with E-state index in [1.54, 1.807) is 0 Å². The van der Waals surface area contributed by atoms with Gasteiger partial charge >= 0.3 is 0 Å². The summed E-state index contributed by atoms with van der Waals surface area (Å²) < 4.78 is 0. The van der Waals surface area contributed by atoms with Crippen LogP contribution >= 0.6 is 0 Å². The van der Waals surface area contributed by atoms with Crippen molar-refractivity contribution in [2.24, 2.45) is 0 Å². The van der Waals surface area contributed by atoms with Gasteiger partial charge in [-0.1, -0.05) is 158 Å². The Morgan fingerprint density at radius 2 is 0.629 bits per heavy atom. The van der Waals surface area contributed by atoms with Crippen LogP contribution in [-0.2, 0) is 0 Å². The molecule has 35 heavy (non-hydrogen) atoms. The van der Waals surface area contributed by atoms with E-state index in [4.69, 9.17) is 5.11 Å². The molecule has 0 aromatic heterocycles. The van der Waals surface area contributed by atoms with Crippen LogP contribution in [0, 0.1) is 0 Å². The summed E-state index contributed by atoms with van der Waals surface area (Å²) in [5.41, 5.74) is 0. The largest absolute Gasteiger partial charge is 0.396 e. The fraction of sp³-hybridized carbons (Fsp3) is 0.706. The maximum absolute atomic E-state index is 8.77. The van der Waals surface area contributed by atoms with Crippen LogP contribution in [0.1, 0.15) is 148 Å². The summed E-state index contributed by atoms with van der Waals surface area (Å²) in [6.45, 7) is 2.54. The average Bonchev–Trinajstić information content (AvgIpc) is 2.87. The van der Waals surface area contributed by atoms with E-state index >= 15 is 0 Å². The van der Waals surface area contributed by atoms with Gasteiger partial charge in [0.05, 0.1) is 0 Å². The van der Waals surface area contributed by atoms with E-state index in [1.807, 2.05) is 0 Å². The Kier molecular flexibility index (Phi) is 31.4. The van der Waals surface area contributed by atoms with Crippen LogP contribution < -0.4 is 0 Å². The maximum Gasteiger partial charge on any atom is 0.0431 e. The number of aliphatic hydroxyl groups is 1. The molecule has 1 nitrogen and oxygen atoms in total. The molecule has 0 aliphatic carbocycles. The van der Waals surface area contributed by atoms with Crippen LogP contribution in [0.15, 0.2) is 60.8 Å². The van der Waals surface area contributed by atoms with Crippen molar-refractivity contribution in [3.05, 3.63) is 60.8 Å². The van der Waals surface area contributed by atoms with Gasteiger partial charge in [0.25, 0.3) is 0 Å².